The molecule has 0 fully saturated rings. The number of aryl methyl sites for hydroxylation is 1. The minimum atomic E-state index is -0.599. The molecule has 0 saturated heterocycles. The number of rotatable bonds is 8. The van der Waals surface area contributed by atoms with Crippen LogP contribution in [0.3, 0.4) is 0 Å². The summed E-state index contributed by atoms with van der Waals surface area (Å²) in [4.78, 5) is 32.3. The summed E-state index contributed by atoms with van der Waals surface area (Å²) in [5.74, 6) is -0.296. The number of methoxy groups -OCH3 is 1. The maximum Gasteiger partial charge on any atom is 0.411 e. The number of pyridine rings is 1. The molecule has 0 radical (unpaired) electrons. The number of nitrogens with zero attached hydrogens (tertiary/aromatic N) is 3. The van der Waals surface area contributed by atoms with Crippen molar-refractivity contribution >= 4 is 45.7 Å². The highest BCUT2D eigenvalue weighted by atomic mass is 32.1. The van der Waals surface area contributed by atoms with E-state index in [1.54, 1.807) is 47.9 Å². The first-order valence-corrected chi connectivity index (χ1v) is 12.0. The average Bonchev–Trinajstić information content (AvgIpc) is 3.45. The second-order valence-electron chi connectivity index (χ2n) is 8.17. The third-order valence-corrected chi connectivity index (χ3v) is 6.20. The zero-order valence-corrected chi connectivity index (χ0v) is 20.8. The summed E-state index contributed by atoms with van der Waals surface area (Å²) in [7, 11) is 1.53. The van der Waals surface area contributed by atoms with Crippen molar-refractivity contribution in [2.75, 3.05) is 31.0 Å². The van der Waals surface area contributed by atoms with E-state index in [-0.39, 0.29) is 18.6 Å². The number of aromatic nitrogens is 3. The Balaban J connectivity index is 1.62. The minimum Gasteiger partial charge on any atom is -0.447 e. The molecule has 0 atom stereocenters. The van der Waals surface area contributed by atoms with E-state index in [1.807, 2.05) is 37.6 Å². The Morgan fingerprint density at radius 3 is 2.54 bits per heavy atom. The molecule has 2 N–H and O–H groups in total. The first kappa shape index (κ1) is 24.4. The molecular weight excluding hydrogens is 466 g/mol. The molecule has 2 amide bonds. The first-order chi connectivity index (χ1) is 16.9. The smallest absolute Gasteiger partial charge is 0.411 e. The lowest BCUT2D eigenvalue weighted by molar-refractivity contribution is 0.102. The molecule has 35 heavy (non-hydrogen) atoms. The molecule has 0 unspecified atom stereocenters. The van der Waals surface area contributed by atoms with Crippen molar-refractivity contribution in [3.05, 3.63) is 59.1 Å². The third kappa shape index (κ3) is 5.67. The van der Waals surface area contributed by atoms with Crippen molar-refractivity contribution in [2.45, 2.75) is 26.8 Å². The second kappa shape index (κ2) is 10.7. The monoisotopic (exact) mass is 493 g/mol. The van der Waals surface area contributed by atoms with Crippen molar-refractivity contribution in [1.82, 2.24) is 14.8 Å². The van der Waals surface area contributed by atoms with E-state index >= 15 is 0 Å². The molecule has 182 valence electrons. The maximum absolute atomic E-state index is 13.4. The van der Waals surface area contributed by atoms with E-state index in [2.05, 4.69) is 15.7 Å². The summed E-state index contributed by atoms with van der Waals surface area (Å²) in [5, 5.41) is 10.7. The molecule has 10 heteroatoms. The van der Waals surface area contributed by atoms with Crippen molar-refractivity contribution < 1.29 is 19.1 Å². The normalized spacial score (nSPS) is 11.1. The quantitative estimate of drug-likeness (QED) is 0.314. The van der Waals surface area contributed by atoms with Crippen molar-refractivity contribution in [2.24, 2.45) is 0 Å². The van der Waals surface area contributed by atoms with E-state index in [9.17, 15) is 9.59 Å². The number of hydrogen-bond donors (Lipinski definition) is 2. The Kier molecular flexibility index (Phi) is 7.42. The molecule has 3 aromatic heterocycles. The van der Waals surface area contributed by atoms with Gasteiger partial charge in [0.05, 0.1) is 34.3 Å². The molecule has 0 aliphatic carbocycles. The largest absolute Gasteiger partial charge is 0.447 e. The topological polar surface area (TPSA) is 107 Å². The lowest BCUT2D eigenvalue weighted by Gasteiger charge is -2.11. The molecule has 4 aromatic rings. The Labute approximate surface area is 207 Å². The van der Waals surface area contributed by atoms with Crippen LogP contribution in [-0.4, -0.2) is 47.1 Å². The second-order valence-corrected chi connectivity index (χ2v) is 9.46. The predicted molar refractivity (Wildman–Crippen MR) is 137 cm³/mol. The zero-order valence-electron chi connectivity index (χ0n) is 20.0. The molecule has 3 heterocycles. The molecule has 9 nitrogen and oxygen atoms in total. The van der Waals surface area contributed by atoms with Gasteiger partial charge in [0.1, 0.15) is 6.61 Å². The number of ether oxygens (including phenoxy) is 2. The van der Waals surface area contributed by atoms with Gasteiger partial charge in [-0.25, -0.2) is 14.5 Å². The van der Waals surface area contributed by atoms with Gasteiger partial charge in [-0.2, -0.15) is 5.10 Å². The van der Waals surface area contributed by atoms with Gasteiger partial charge in [-0.1, -0.05) is 6.07 Å². The van der Waals surface area contributed by atoms with Crippen LogP contribution in [-0.2, 0) is 9.47 Å². The fourth-order valence-electron chi connectivity index (χ4n) is 3.53. The molecular formula is C25H27N5O4S. The lowest BCUT2D eigenvalue weighted by atomic mass is 10.1. The average molecular weight is 494 g/mol. The van der Waals surface area contributed by atoms with Gasteiger partial charge in [-0.15, -0.1) is 11.3 Å². The fourth-order valence-corrected chi connectivity index (χ4v) is 4.36. The SMILES string of the molecule is COCCOC(=O)Nc1cccc(NC(=O)c2cc(-c3ccc(C)s3)nc3c2cnn3C(C)C)c1. The van der Waals surface area contributed by atoms with E-state index in [1.165, 1.54) is 7.11 Å². The van der Waals surface area contributed by atoms with Crippen LogP contribution in [0.1, 0.15) is 35.1 Å². The zero-order chi connectivity index (χ0) is 24.9. The van der Waals surface area contributed by atoms with Gasteiger partial charge < -0.3 is 14.8 Å². The minimum absolute atomic E-state index is 0.0858. The summed E-state index contributed by atoms with van der Waals surface area (Å²) in [6.45, 7) is 6.54. The third-order valence-electron chi connectivity index (χ3n) is 5.18. The Morgan fingerprint density at radius 2 is 1.86 bits per heavy atom. The molecule has 1 aromatic carbocycles. The van der Waals surface area contributed by atoms with Crippen molar-refractivity contribution in [3.8, 4) is 10.6 Å². The van der Waals surface area contributed by atoms with E-state index in [0.717, 1.165) is 15.4 Å². The molecule has 0 bridgehead atoms. The van der Waals surface area contributed by atoms with Crippen LogP contribution in [0.4, 0.5) is 16.2 Å². The number of anilines is 2. The van der Waals surface area contributed by atoms with Gasteiger partial charge in [-0.3, -0.25) is 10.1 Å². The summed E-state index contributed by atoms with van der Waals surface area (Å²) in [5.41, 5.74) is 2.87. The lowest BCUT2D eigenvalue weighted by Crippen LogP contribution is -2.17. The van der Waals surface area contributed by atoms with Crippen molar-refractivity contribution in [3.63, 3.8) is 0 Å². The number of nitrogens with one attached hydrogen (secondary N) is 2. The van der Waals surface area contributed by atoms with Gasteiger partial charge in [-0.05, 0) is 57.2 Å². The number of fused-ring (bicyclic) bond motifs is 1. The van der Waals surface area contributed by atoms with Crippen LogP contribution in [0.5, 0.6) is 0 Å². The van der Waals surface area contributed by atoms with Gasteiger partial charge in [0.2, 0.25) is 0 Å². The first-order valence-electron chi connectivity index (χ1n) is 11.1. The van der Waals surface area contributed by atoms with E-state index in [4.69, 9.17) is 14.5 Å². The standard InChI is InChI=1S/C25H27N5O4S/c1-15(2)30-23-20(14-26-30)19(13-21(29-23)22-9-8-16(3)35-22)24(31)27-17-6-5-7-18(12-17)28-25(32)34-11-10-33-4/h5-9,12-15H,10-11H2,1-4H3,(H,27,31)(H,28,32). The van der Waals surface area contributed by atoms with Crippen LogP contribution in [0.25, 0.3) is 21.6 Å². The predicted octanol–water partition coefficient (Wildman–Crippen LogP) is 5.50. The Bertz CT molecular complexity index is 1360. The van der Waals surface area contributed by atoms with E-state index in [0.29, 0.717) is 34.6 Å². The van der Waals surface area contributed by atoms with Gasteiger partial charge >= 0.3 is 6.09 Å². The Morgan fingerprint density at radius 1 is 1.09 bits per heavy atom. The maximum atomic E-state index is 13.4. The summed E-state index contributed by atoms with van der Waals surface area (Å²) >= 11 is 1.62. The van der Waals surface area contributed by atoms with Crippen LogP contribution in [0.2, 0.25) is 0 Å². The number of carbonyl (C=O) groups excluding carboxylic acids is 2. The van der Waals surface area contributed by atoms with Crippen LogP contribution in [0, 0.1) is 6.92 Å². The molecule has 4 rings (SSSR count). The fraction of sp³-hybridized carbons (Fsp3) is 0.280. The summed E-state index contributed by atoms with van der Waals surface area (Å²) in [6.07, 6.45) is 1.08. The van der Waals surface area contributed by atoms with Crippen LogP contribution >= 0.6 is 11.3 Å². The number of hydrogen-bond acceptors (Lipinski definition) is 7. The highest BCUT2D eigenvalue weighted by Crippen LogP contribution is 2.31. The highest BCUT2D eigenvalue weighted by molar-refractivity contribution is 7.15. The van der Waals surface area contributed by atoms with Gasteiger partial charge in [0.25, 0.3) is 5.91 Å². The summed E-state index contributed by atoms with van der Waals surface area (Å²) in [6, 6.07) is 12.8. The van der Waals surface area contributed by atoms with Gasteiger partial charge in [0, 0.05) is 29.4 Å². The molecule has 0 spiro atoms. The number of thiophene rings is 1. The van der Waals surface area contributed by atoms with E-state index < -0.39 is 6.09 Å². The highest BCUT2D eigenvalue weighted by Gasteiger charge is 2.19. The number of carbonyl (C=O) groups is 2. The van der Waals surface area contributed by atoms with Crippen LogP contribution in [0.15, 0.2) is 48.7 Å². The molecule has 0 aliphatic rings. The summed E-state index contributed by atoms with van der Waals surface area (Å²) < 4.78 is 11.7. The molecule has 0 aliphatic heterocycles. The Hall–Kier alpha value is -3.76. The van der Waals surface area contributed by atoms with Gasteiger partial charge in [0.15, 0.2) is 5.65 Å². The van der Waals surface area contributed by atoms with Crippen LogP contribution < -0.4 is 10.6 Å². The number of amides is 2. The van der Waals surface area contributed by atoms with Crippen molar-refractivity contribution in [1.29, 1.82) is 0 Å². The number of benzene rings is 1. The molecule has 0 saturated carbocycles.